The first-order valence-electron chi connectivity index (χ1n) is 5.00. The molecule has 84 valence electrons. The maximum Gasteiger partial charge on any atom is 0.125 e. The molecule has 0 aliphatic heterocycles. The third-order valence-electron chi connectivity index (χ3n) is 2.55. The molecule has 0 aromatic heterocycles. The molecule has 0 aliphatic rings. The van der Waals surface area contributed by atoms with Crippen molar-refractivity contribution in [3.05, 3.63) is 27.8 Å². The molecule has 0 spiro atoms. The first-order valence-corrected chi connectivity index (χ1v) is 6.50. The standard InChI is InChI=1S/C12H16BrClO/c1-8-7-11(14)9(2)10(5-4-6-13)12(8)15-3/h7H,4-6H2,1-3H3. The highest BCUT2D eigenvalue weighted by atomic mass is 79.9. The minimum atomic E-state index is 0.831. The molecule has 0 saturated carbocycles. The van der Waals surface area contributed by atoms with Crippen LogP contribution in [0.15, 0.2) is 6.07 Å². The topological polar surface area (TPSA) is 9.23 Å². The van der Waals surface area contributed by atoms with Crippen LogP contribution in [0.5, 0.6) is 5.75 Å². The van der Waals surface area contributed by atoms with Gasteiger partial charge in [-0.1, -0.05) is 27.5 Å². The minimum Gasteiger partial charge on any atom is -0.496 e. The summed E-state index contributed by atoms with van der Waals surface area (Å²) in [5.74, 6) is 0.984. The molecule has 0 heterocycles. The fourth-order valence-corrected chi connectivity index (χ4v) is 2.30. The highest BCUT2D eigenvalue weighted by Crippen LogP contribution is 2.32. The maximum absolute atomic E-state index is 6.16. The van der Waals surface area contributed by atoms with Crippen molar-refractivity contribution in [3.8, 4) is 5.75 Å². The molecule has 0 aliphatic carbocycles. The molecule has 15 heavy (non-hydrogen) atoms. The third-order valence-corrected chi connectivity index (χ3v) is 3.50. The second-order valence-corrected chi connectivity index (χ2v) is 4.80. The summed E-state index contributed by atoms with van der Waals surface area (Å²) in [5, 5.41) is 1.83. The SMILES string of the molecule is COc1c(C)cc(Cl)c(C)c1CCCBr. The zero-order valence-electron chi connectivity index (χ0n) is 9.36. The van der Waals surface area contributed by atoms with Gasteiger partial charge in [-0.3, -0.25) is 0 Å². The molecule has 1 aromatic carbocycles. The van der Waals surface area contributed by atoms with E-state index in [1.807, 2.05) is 19.9 Å². The maximum atomic E-state index is 6.16. The number of ether oxygens (including phenoxy) is 1. The Morgan fingerprint density at radius 3 is 2.60 bits per heavy atom. The summed E-state index contributed by atoms with van der Waals surface area (Å²) in [6.45, 7) is 4.08. The smallest absolute Gasteiger partial charge is 0.125 e. The predicted octanol–water partition coefficient (Wildman–Crippen LogP) is 4.29. The van der Waals surface area contributed by atoms with Gasteiger partial charge in [0.25, 0.3) is 0 Å². The number of hydrogen-bond donors (Lipinski definition) is 0. The molecule has 0 radical (unpaired) electrons. The van der Waals surface area contributed by atoms with Crippen molar-refractivity contribution < 1.29 is 4.74 Å². The Morgan fingerprint density at radius 2 is 2.07 bits per heavy atom. The van der Waals surface area contributed by atoms with Crippen molar-refractivity contribution in [3.63, 3.8) is 0 Å². The van der Waals surface area contributed by atoms with E-state index in [0.717, 1.165) is 40.1 Å². The van der Waals surface area contributed by atoms with Crippen molar-refractivity contribution in [2.75, 3.05) is 12.4 Å². The van der Waals surface area contributed by atoms with Gasteiger partial charge in [-0.25, -0.2) is 0 Å². The van der Waals surface area contributed by atoms with Crippen LogP contribution in [0, 0.1) is 13.8 Å². The number of methoxy groups -OCH3 is 1. The molecular formula is C12H16BrClO. The Bertz CT molecular complexity index is 350. The van der Waals surface area contributed by atoms with Gasteiger partial charge in [0.15, 0.2) is 0 Å². The average Bonchev–Trinajstić information content (AvgIpc) is 2.21. The van der Waals surface area contributed by atoms with Gasteiger partial charge in [-0.15, -0.1) is 0 Å². The first kappa shape index (κ1) is 12.9. The average molecular weight is 292 g/mol. The van der Waals surface area contributed by atoms with E-state index in [4.69, 9.17) is 16.3 Å². The van der Waals surface area contributed by atoms with Gasteiger partial charge in [0.2, 0.25) is 0 Å². The van der Waals surface area contributed by atoms with E-state index in [9.17, 15) is 0 Å². The van der Waals surface area contributed by atoms with Gasteiger partial charge in [-0.05, 0) is 49.4 Å². The fraction of sp³-hybridized carbons (Fsp3) is 0.500. The molecule has 0 saturated heterocycles. The van der Waals surface area contributed by atoms with Gasteiger partial charge in [0.1, 0.15) is 5.75 Å². The number of rotatable bonds is 4. The van der Waals surface area contributed by atoms with Crippen LogP contribution in [-0.2, 0) is 6.42 Å². The lowest BCUT2D eigenvalue weighted by Gasteiger charge is -2.15. The molecule has 1 rings (SSSR count). The Balaban J connectivity index is 3.18. The second-order valence-electron chi connectivity index (χ2n) is 3.60. The Hall–Kier alpha value is -0.210. The molecular weight excluding hydrogens is 275 g/mol. The molecule has 0 bridgehead atoms. The molecule has 0 amide bonds. The van der Waals surface area contributed by atoms with Gasteiger partial charge in [0.05, 0.1) is 7.11 Å². The Labute approximate surface area is 105 Å². The Morgan fingerprint density at radius 1 is 1.40 bits per heavy atom. The van der Waals surface area contributed by atoms with Crippen LogP contribution >= 0.6 is 27.5 Å². The van der Waals surface area contributed by atoms with Gasteiger partial charge >= 0.3 is 0 Å². The number of hydrogen-bond acceptors (Lipinski definition) is 1. The lowest BCUT2D eigenvalue weighted by atomic mass is 10.00. The van der Waals surface area contributed by atoms with Crippen LogP contribution in [0.3, 0.4) is 0 Å². The molecule has 0 unspecified atom stereocenters. The largest absolute Gasteiger partial charge is 0.496 e. The highest BCUT2D eigenvalue weighted by Gasteiger charge is 2.12. The lowest BCUT2D eigenvalue weighted by molar-refractivity contribution is 0.406. The fourth-order valence-electron chi connectivity index (χ4n) is 1.75. The summed E-state index contributed by atoms with van der Waals surface area (Å²) in [6.07, 6.45) is 2.10. The highest BCUT2D eigenvalue weighted by molar-refractivity contribution is 9.09. The second kappa shape index (κ2) is 5.76. The van der Waals surface area contributed by atoms with E-state index < -0.39 is 0 Å². The minimum absolute atomic E-state index is 0.831. The van der Waals surface area contributed by atoms with E-state index in [0.29, 0.717) is 0 Å². The van der Waals surface area contributed by atoms with Crippen molar-refractivity contribution in [2.24, 2.45) is 0 Å². The summed E-state index contributed by atoms with van der Waals surface area (Å²) in [5.41, 5.74) is 3.49. The number of halogens is 2. The molecule has 1 aromatic rings. The zero-order valence-corrected chi connectivity index (χ0v) is 11.7. The summed E-state index contributed by atoms with van der Waals surface area (Å²) < 4.78 is 5.44. The monoisotopic (exact) mass is 290 g/mol. The summed E-state index contributed by atoms with van der Waals surface area (Å²) in [7, 11) is 1.72. The zero-order chi connectivity index (χ0) is 11.4. The van der Waals surface area contributed by atoms with Crippen LogP contribution in [0.1, 0.15) is 23.1 Å². The molecule has 0 atom stereocenters. The van der Waals surface area contributed by atoms with E-state index in [1.165, 1.54) is 5.56 Å². The van der Waals surface area contributed by atoms with Crippen LogP contribution in [-0.4, -0.2) is 12.4 Å². The van der Waals surface area contributed by atoms with E-state index in [-0.39, 0.29) is 0 Å². The van der Waals surface area contributed by atoms with E-state index >= 15 is 0 Å². The first-order chi connectivity index (χ1) is 7.11. The van der Waals surface area contributed by atoms with Crippen molar-refractivity contribution >= 4 is 27.5 Å². The third kappa shape index (κ3) is 2.88. The summed E-state index contributed by atoms with van der Waals surface area (Å²) >= 11 is 9.60. The van der Waals surface area contributed by atoms with Gasteiger partial charge in [-0.2, -0.15) is 0 Å². The van der Waals surface area contributed by atoms with Crippen molar-refractivity contribution in [1.82, 2.24) is 0 Å². The summed E-state index contributed by atoms with van der Waals surface area (Å²) in [4.78, 5) is 0. The van der Waals surface area contributed by atoms with E-state index in [2.05, 4.69) is 15.9 Å². The molecule has 0 N–H and O–H groups in total. The normalized spacial score (nSPS) is 10.5. The summed E-state index contributed by atoms with van der Waals surface area (Å²) in [6, 6.07) is 1.97. The number of alkyl halides is 1. The number of benzene rings is 1. The van der Waals surface area contributed by atoms with Gasteiger partial charge in [0, 0.05) is 10.4 Å². The van der Waals surface area contributed by atoms with Crippen LogP contribution in [0.2, 0.25) is 5.02 Å². The number of aryl methyl sites for hydroxylation is 1. The predicted molar refractivity (Wildman–Crippen MR) is 69.6 cm³/mol. The van der Waals surface area contributed by atoms with Crippen molar-refractivity contribution in [1.29, 1.82) is 0 Å². The van der Waals surface area contributed by atoms with Crippen LogP contribution in [0.4, 0.5) is 0 Å². The lowest BCUT2D eigenvalue weighted by Crippen LogP contribution is -1.99. The van der Waals surface area contributed by atoms with Crippen LogP contribution in [0.25, 0.3) is 0 Å². The Kier molecular flexibility index (Phi) is 4.94. The van der Waals surface area contributed by atoms with Crippen LogP contribution < -0.4 is 4.74 Å². The van der Waals surface area contributed by atoms with Gasteiger partial charge < -0.3 is 4.74 Å². The molecule has 1 nitrogen and oxygen atoms in total. The van der Waals surface area contributed by atoms with Crippen molar-refractivity contribution in [2.45, 2.75) is 26.7 Å². The quantitative estimate of drug-likeness (QED) is 0.752. The molecule has 0 fully saturated rings. The van der Waals surface area contributed by atoms with E-state index in [1.54, 1.807) is 7.11 Å². The molecule has 3 heteroatoms.